The van der Waals surface area contributed by atoms with Crippen LogP contribution in [0.15, 0.2) is 206 Å². The predicted molar refractivity (Wildman–Crippen MR) is 246 cm³/mol. The third kappa shape index (κ3) is 5.28. The number of hydrogen-bond donors (Lipinski definition) is 0. The van der Waals surface area contributed by atoms with Crippen molar-refractivity contribution < 1.29 is 0 Å². The van der Waals surface area contributed by atoms with Crippen molar-refractivity contribution in [2.24, 2.45) is 0 Å². The Morgan fingerprint density at radius 2 is 0.803 bits per heavy atom. The fraction of sp³-hybridized carbons (Fsp3) is 0.0175. The van der Waals surface area contributed by atoms with Crippen molar-refractivity contribution in [1.82, 2.24) is 15.0 Å². The molecule has 0 saturated carbocycles. The molecule has 61 heavy (non-hydrogen) atoms. The Morgan fingerprint density at radius 3 is 1.44 bits per heavy atom. The molecule has 12 rings (SSSR count). The lowest BCUT2D eigenvalue weighted by Gasteiger charge is -2.31. The highest BCUT2D eigenvalue weighted by atomic mass is 15.0. The number of nitrogens with zero attached hydrogens (tertiary/aromatic N) is 4. The molecule has 0 aliphatic heterocycles. The van der Waals surface area contributed by atoms with Gasteiger partial charge in [0, 0.05) is 16.7 Å². The first kappa shape index (κ1) is 34.8. The van der Waals surface area contributed by atoms with Gasteiger partial charge in [0.15, 0.2) is 17.5 Å². The lowest BCUT2D eigenvalue weighted by atomic mass is 9.69. The molecule has 1 spiro atoms. The number of fused-ring (bicyclic) bond motifs is 12. The normalized spacial score (nSPS) is 14.3. The van der Waals surface area contributed by atoms with Crippen LogP contribution in [0.3, 0.4) is 0 Å². The molecule has 10 aromatic rings. The summed E-state index contributed by atoms with van der Waals surface area (Å²) in [4.78, 5) is 14.9. The minimum absolute atomic E-state index is 0.550. The SMILES string of the molecule is N#Cc1ccc(-c2ccc3c(c2)C2(c4ccccc4-3)c3ccccc3-c3c2cc(-c2ccc(-c4nc(-c5ccccc5)nc(-c5ccccc5)n4)cc2)c2ccccc32)cc1. The van der Waals surface area contributed by atoms with Gasteiger partial charge in [-0.1, -0.05) is 182 Å². The van der Waals surface area contributed by atoms with E-state index in [1.54, 1.807) is 0 Å². The fourth-order valence-corrected chi connectivity index (χ4v) is 9.89. The highest BCUT2D eigenvalue weighted by molar-refractivity contribution is 6.11. The first-order valence-electron chi connectivity index (χ1n) is 20.6. The Balaban J connectivity index is 1.06. The van der Waals surface area contributed by atoms with Crippen LogP contribution in [0.4, 0.5) is 0 Å². The molecular weight excluding hydrogens is 741 g/mol. The molecule has 1 heterocycles. The monoisotopic (exact) mass is 774 g/mol. The van der Waals surface area contributed by atoms with Crippen LogP contribution in [-0.4, -0.2) is 15.0 Å². The van der Waals surface area contributed by atoms with E-state index in [0.29, 0.717) is 23.0 Å². The first-order valence-corrected chi connectivity index (χ1v) is 20.6. The third-order valence-corrected chi connectivity index (χ3v) is 12.6. The second-order valence-corrected chi connectivity index (χ2v) is 15.8. The summed E-state index contributed by atoms with van der Waals surface area (Å²) in [6.45, 7) is 0. The number of hydrogen-bond acceptors (Lipinski definition) is 4. The minimum Gasteiger partial charge on any atom is -0.208 e. The summed E-state index contributed by atoms with van der Waals surface area (Å²) in [5.74, 6) is 1.91. The molecule has 0 amide bonds. The molecule has 1 unspecified atom stereocenters. The van der Waals surface area contributed by atoms with Gasteiger partial charge in [0.05, 0.1) is 17.0 Å². The lowest BCUT2D eigenvalue weighted by molar-refractivity contribution is 0.795. The van der Waals surface area contributed by atoms with Gasteiger partial charge in [0.1, 0.15) is 0 Å². The van der Waals surface area contributed by atoms with Gasteiger partial charge in [-0.05, 0) is 102 Å². The van der Waals surface area contributed by atoms with E-state index in [4.69, 9.17) is 15.0 Å². The smallest absolute Gasteiger partial charge is 0.164 e. The summed E-state index contributed by atoms with van der Waals surface area (Å²) >= 11 is 0. The van der Waals surface area contributed by atoms with E-state index in [1.165, 1.54) is 60.8 Å². The van der Waals surface area contributed by atoms with Gasteiger partial charge in [-0.3, -0.25) is 0 Å². The fourth-order valence-electron chi connectivity index (χ4n) is 9.89. The van der Waals surface area contributed by atoms with Crippen molar-refractivity contribution in [2.75, 3.05) is 0 Å². The maximum atomic E-state index is 9.54. The highest BCUT2D eigenvalue weighted by Gasteiger charge is 2.52. The molecule has 1 atom stereocenters. The van der Waals surface area contributed by atoms with Gasteiger partial charge in [0.2, 0.25) is 0 Å². The van der Waals surface area contributed by atoms with Crippen LogP contribution in [0, 0.1) is 11.3 Å². The van der Waals surface area contributed by atoms with E-state index >= 15 is 0 Å². The zero-order chi connectivity index (χ0) is 40.5. The Bertz CT molecular complexity index is 3350. The molecule has 0 bridgehead atoms. The molecule has 4 heteroatoms. The van der Waals surface area contributed by atoms with E-state index in [0.717, 1.165) is 33.4 Å². The summed E-state index contributed by atoms with van der Waals surface area (Å²) in [6, 6.07) is 75.3. The topological polar surface area (TPSA) is 62.5 Å². The van der Waals surface area contributed by atoms with Crippen molar-refractivity contribution >= 4 is 10.8 Å². The number of benzene rings is 9. The minimum atomic E-state index is -0.550. The summed E-state index contributed by atoms with van der Waals surface area (Å²) in [6.07, 6.45) is 0. The van der Waals surface area contributed by atoms with Gasteiger partial charge in [-0.2, -0.15) is 5.26 Å². The van der Waals surface area contributed by atoms with Crippen LogP contribution >= 0.6 is 0 Å². The molecule has 0 N–H and O–H groups in total. The largest absolute Gasteiger partial charge is 0.208 e. The first-order chi connectivity index (χ1) is 30.2. The van der Waals surface area contributed by atoms with Crippen LogP contribution in [0.5, 0.6) is 0 Å². The third-order valence-electron chi connectivity index (χ3n) is 12.6. The Morgan fingerprint density at radius 1 is 0.328 bits per heavy atom. The van der Waals surface area contributed by atoms with Crippen molar-refractivity contribution in [3.8, 4) is 84.7 Å². The van der Waals surface area contributed by atoms with Crippen LogP contribution in [0.2, 0.25) is 0 Å². The summed E-state index contributed by atoms with van der Waals surface area (Å²) < 4.78 is 0. The predicted octanol–water partition coefficient (Wildman–Crippen LogP) is 13.6. The van der Waals surface area contributed by atoms with Crippen molar-refractivity contribution in [3.63, 3.8) is 0 Å². The average molecular weight is 775 g/mol. The van der Waals surface area contributed by atoms with Crippen LogP contribution in [0.25, 0.3) is 89.4 Å². The van der Waals surface area contributed by atoms with Gasteiger partial charge in [-0.25, -0.2) is 15.0 Å². The molecule has 2 aliphatic carbocycles. The Labute approximate surface area is 353 Å². The van der Waals surface area contributed by atoms with Gasteiger partial charge >= 0.3 is 0 Å². The van der Waals surface area contributed by atoms with Crippen molar-refractivity contribution in [1.29, 1.82) is 5.26 Å². The highest BCUT2D eigenvalue weighted by Crippen LogP contribution is 2.64. The number of nitriles is 1. The van der Waals surface area contributed by atoms with Gasteiger partial charge in [0.25, 0.3) is 0 Å². The standard InChI is InChI=1S/C57H34N4/c58-35-36-23-25-37(26-24-36)42-31-32-45-44-18-9-11-21-49(44)57(51(45)33-42)50-22-12-10-20-47(50)53-46-19-8-7-17-43(46)48(34-52(53)57)38-27-29-41(30-28-38)56-60-54(39-13-3-1-4-14-39)59-55(61-56)40-15-5-2-6-16-40/h1-34H. The summed E-state index contributed by atoms with van der Waals surface area (Å²) in [5, 5.41) is 12.0. The van der Waals surface area contributed by atoms with E-state index in [1.807, 2.05) is 72.8 Å². The molecular formula is C57H34N4. The molecule has 282 valence electrons. The van der Waals surface area contributed by atoms with Crippen LogP contribution < -0.4 is 0 Å². The zero-order valence-corrected chi connectivity index (χ0v) is 32.9. The maximum Gasteiger partial charge on any atom is 0.164 e. The molecule has 2 aliphatic rings. The number of aromatic nitrogens is 3. The van der Waals surface area contributed by atoms with Crippen molar-refractivity contribution in [3.05, 3.63) is 234 Å². The zero-order valence-electron chi connectivity index (χ0n) is 32.9. The molecule has 9 aromatic carbocycles. The Hall–Kier alpha value is -8.26. The summed E-state index contributed by atoms with van der Waals surface area (Å²) in [7, 11) is 0. The van der Waals surface area contributed by atoms with E-state index in [2.05, 4.69) is 140 Å². The van der Waals surface area contributed by atoms with Crippen LogP contribution in [-0.2, 0) is 5.41 Å². The van der Waals surface area contributed by atoms with E-state index in [9.17, 15) is 5.26 Å². The Kier molecular flexibility index (Phi) is 7.78. The molecule has 0 fully saturated rings. The molecule has 0 radical (unpaired) electrons. The number of rotatable bonds is 5. The van der Waals surface area contributed by atoms with Crippen molar-refractivity contribution in [2.45, 2.75) is 5.41 Å². The quantitative estimate of drug-likeness (QED) is 0.175. The average Bonchev–Trinajstić information content (AvgIpc) is 3.81. The second kappa shape index (κ2) is 13.7. The maximum absolute atomic E-state index is 9.54. The van der Waals surface area contributed by atoms with E-state index < -0.39 is 5.41 Å². The molecule has 4 nitrogen and oxygen atoms in total. The lowest BCUT2D eigenvalue weighted by Crippen LogP contribution is -2.26. The van der Waals surface area contributed by atoms with E-state index in [-0.39, 0.29) is 0 Å². The van der Waals surface area contributed by atoms with Crippen LogP contribution in [0.1, 0.15) is 27.8 Å². The van der Waals surface area contributed by atoms with Gasteiger partial charge < -0.3 is 0 Å². The molecule has 0 saturated heterocycles. The molecule has 1 aromatic heterocycles. The summed E-state index contributed by atoms with van der Waals surface area (Å²) in [5.41, 5.74) is 17.6. The second-order valence-electron chi connectivity index (χ2n) is 15.8. The van der Waals surface area contributed by atoms with Gasteiger partial charge in [-0.15, -0.1) is 0 Å².